The van der Waals surface area contributed by atoms with E-state index in [9.17, 15) is 9.59 Å². The zero-order valence-electron chi connectivity index (χ0n) is 18.5. The number of carbonyl (C=O) groups is 2. The molecule has 2 aromatic heterocycles. The van der Waals surface area contributed by atoms with Gasteiger partial charge in [-0.15, -0.1) is 0 Å². The van der Waals surface area contributed by atoms with E-state index in [1.54, 1.807) is 24.4 Å². The van der Waals surface area contributed by atoms with Crippen LogP contribution in [0.1, 0.15) is 32.7 Å². The van der Waals surface area contributed by atoms with Crippen LogP contribution in [0.2, 0.25) is 0 Å². The molecule has 1 fully saturated rings. The molecule has 32 heavy (non-hydrogen) atoms. The maximum absolute atomic E-state index is 12.7. The van der Waals surface area contributed by atoms with Crippen LogP contribution in [0.4, 0.5) is 16.2 Å². The van der Waals surface area contributed by atoms with Gasteiger partial charge in [0.25, 0.3) is 0 Å². The van der Waals surface area contributed by atoms with E-state index < -0.39 is 0 Å². The van der Waals surface area contributed by atoms with Crippen LogP contribution in [0.5, 0.6) is 5.75 Å². The Morgan fingerprint density at radius 1 is 1.12 bits per heavy atom. The molecule has 1 saturated heterocycles. The van der Waals surface area contributed by atoms with Crippen molar-refractivity contribution < 1.29 is 14.3 Å². The summed E-state index contributed by atoms with van der Waals surface area (Å²) in [5.41, 5.74) is 2.07. The van der Waals surface area contributed by atoms with Crippen molar-refractivity contribution in [2.45, 2.75) is 32.7 Å². The van der Waals surface area contributed by atoms with Crippen molar-refractivity contribution >= 4 is 34.3 Å². The minimum Gasteiger partial charge on any atom is -0.495 e. The van der Waals surface area contributed by atoms with Gasteiger partial charge in [0.2, 0.25) is 5.91 Å². The van der Waals surface area contributed by atoms with Crippen molar-refractivity contribution in [2.75, 3.05) is 30.8 Å². The maximum atomic E-state index is 12.7. The van der Waals surface area contributed by atoms with Crippen molar-refractivity contribution in [1.29, 1.82) is 0 Å². The Bertz CT molecular complexity index is 1120. The van der Waals surface area contributed by atoms with Crippen LogP contribution in [0.25, 0.3) is 11.0 Å². The number of benzene rings is 1. The van der Waals surface area contributed by atoms with Crippen molar-refractivity contribution in [3.8, 4) is 5.75 Å². The number of anilines is 2. The lowest BCUT2D eigenvalue weighted by atomic mass is 9.96. The molecule has 1 aliphatic heterocycles. The lowest BCUT2D eigenvalue weighted by Crippen LogP contribution is -2.43. The lowest BCUT2D eigenvalue weighted by molar-refractivity contribution is -0.121. The van der Waals surface area contributed by atoms with Crippen molar-refractivity contribution in [3.05, 3.63) is 42.7 Å². The molecule has 3 aromatic rings. The fraction of sp³-hybridized carbons (Fsp3) is 0.391. The van der Waals surface area contributed by atoms with E-state index >= 15 is 0 Å². The number of fused-ring (bicyclic) bond motifs is 1. The number of nitrogens with one attached hydrogen (secondary N) is 2. The van der Waals surface area contributed by atoms with Gasteiger partial charge in [-0.1, -0.05) is 12.1 Å². The second-order valence-corrected chi connectivity index (χ2v) is 8.20. The predicted octanol–water partition coefficient (Wildman–Crippen LogP) is 3.90. The average Bonchev–Trinajstić information content (AvgIpc) is 3.23. The highest BCUT2D eigenvalue weighted by molar-refractivity contribution is 5.95. The molecule has 0 aliphatic carbocycles. The topological polar surface area (TPSA) is 101 Å². The summed E-state index contributed by atoms with van der Waals surface area (Å²) < 4.78 is 7.14. The average molecular weight is 437 g/mol. The van der Waals surface area contributed by atoms with E-state index in [0.29, 0.717) is 43.1 Å². The SMILES string of the molecule is COc1ccccc1NC(=O)C1CCN(C(=O)Nc2cnc3c(cnn3C(C)C)c2)CC1. The van der Waals surface area contributed by atoms with Gasteiger partial charge in [0.05, 0.1) is 30.9 Å². The van der Waals surface area contributed by atoms with E-state index in [-0.39, 0.29) is 23.9 Å². The Balaban J connectivity index is 1.32. The number of ether oxygens (including phenoxy) is 1. The van der Waals surface area contributed by atoms with Crippen LogP contribution in [-0.2, 0) is 4.79 Å². The molecular weight excluding hydrogens is 408 g/mol. The van der Waals surface area contributed by atoms with E-state index in [4.69, 9.17) is 4.74 Å². The largest absolute Gasteiger partial charge is 0.495 e. The summed E-state index contributed by atoms with van der Waals surface area (Å²) in [6.07, 6.45) is 4.61. The number of likely N-dealkylation sites (tertiary alicyclic amines) is 1. The number of nitrogens with zero attached hydrogens (tertiary/aromatic N) is 4. The third-order valence-corrected chi connectivity index (χ3v) is 5.69. The Morgan fingerprint density at radius 3 is 2.59 bits per heavy atom. The quantitative estimate of drug-likeness (QED) is 0.632. The highest BCUT2D eigenvalue weighted by Crippen LogP contribution is 2.26. The highest BCUT2D eigenvalue weighted by Gasteiger charge is 2.28. The molecule has 0 radical (unpaired) electrons. The number of hydrogen-bond acceptors (Lipinski definition) is 5. The number of amides is 3. The van der Waals surface area contributed by atoms with Gasteiger partial charge in [0.15, 0.2) is 5.65 Å². The number of hydrogen-bond donors (Lipinski definition) is 2. The van der Waals surface area contributed by atoms with Gasteiger partial charge in [-0.3, -0.25) is 4.79 Å². The molecular formula is C23H28N6O3. The monoisotopic (exact) mass is 436 g/mol. The second kappa shape index (κ2) is 9.25. The summed E-state index contributed by atoms with van der Waals surface area (Å²) in [6.45, 7) is 5.11. The molecule has 1 aliphatic rings. The minimum absolute atomic E-state index is 0.0497. The first-order valence-corrected chi connectivity index (χ1v) is 10.8. The zero-order valence-corrected chi connectivity index (χ0v) is 18.5. The van der Waals surface area contributed by atoms with E-state index in [2.05, 4.69) is 20.7 Å². The summed E-state index contributed by atoms with van der Waals surface area (Å²) in [5, 5.41) is 11.1. The zero-order chi connectivity index (χ0) is 22.7. The Morgan fingerprint density at radius 2 is 1.88 bits per heavy atom. The molecule has 2 N–H and O–H groups in total. The van der Waals surface area contributed by atoms with Crippen molar-refractivity contribution in [2.24, 2.45) is 5.92 Å². The van der Waals surface area contributed by atoms with Gasteiger partial charge in [-0.25, -0.2) is 14.5 Å². The van der Waals surface area contributed by atoms with Gasteiger partial charge in [0, 0.05) is 30.4 Å². The molecule has 3 heterocycles. The van der Waals surface area contributed by atoms with Crippen LogP contribution in [-0.4, -0.2) is 51.8 Å². The molecule has 3 amide bonds. The first-order chi connectivity index (χ1) is 15.5. The van der Waals surface area contributed by atoms with Crippen LogP contribution < -0.4 is 15.4 Å². The molecule has 0 saturated carbocycles. The van der Waals surface area contributed by atoms with Gasteiger partial charge >= 0.3 is 6.03 Å². The second-order valence-electron chi connectivity index (χ2n) is 8.20. The van der Waals surface area contributed by atoms with Crippen LogP contribution >= 0.6 is 0 Å². The van der Waals surface area contributed by atoms with Crippen molar-refractivity contribution in [1.82, 2.24) is 19.7 Å². The number of urea groups is 1. The molecule has 0 unspecified atom stereocenters. The van der Waals surface area contributed by atoms with Crippen LogP contribution in [0.15, 0.2) is 42.7 Å². The smallest absolute Gasteiger partial charge is 0.321 e. The third-order valence-electron chi connectivity index (χ3n) is 5.69. The summed E-state index contributed by atoms with van der Waals surface area (Å²) in [6, 6.07) is 9.23. The van der Waals surface area contributed by atoms with Gasteiger partial charge < -0.3 is 20.3 Å². The number of rotatable bonds is 5. The van der Waals surface area contributed by atoms with Crippen LogP contribution in [0, 0.1) is 5.92 Å². The number of piperidine rings is 1. The maximum Gasteiger partial charge on any atom is 0.321 e. The first-order valence-electron chi connectivity index (χ1n) is 10.8. The fourth-order valence-corrected chi connectivity index (χ4v) is 3.92. The molecule has 0 atom stereocenters. The number of methoxy groups -OCH3 is 1. The predicted molar refractivity (Wildman–Crippen MR) is 123 cm³/mol. The number of pyridine rings is 1. The van der Waals surface area contributed by atoms with Gasteiger partial charge in [-0.05, 0) is 44.9 Å². The minimum atomic E-state index is -0.189. The Kier molecular flexibility index (Phi) is 6.25. The highest BCUT2D eigenvalue weighted by atomic mass is 16.5. The molecule has 9 heteroatoms. The molecule has 4 rings (SSSR count). The van der Waals surface area contributed by atoms with E-state index in [1.165, 1.54) is 0 Å². The Hall–Kier alpha value is -3.62. The fourth-order valence-electron chi connectivity index (χ4n) is 3.92. The summed E-state index contributed by atoms with van der Waals surface area (Å²) in [7, 11) is 1.58. The normalized spacial score (nSPS) is 14.6. The number of aromatic nitrogens is 3. The number of carbonyl (C=O) groups excluding carboxylic acids is 2. The lowest BCUT2D eigenvalue weighted by Gasteiger charge is -2.31. The molecule has 9 nitrogen and oxygen atoms in total. The summed E-state index contributed by atoms with van der Waals surface area (Å²) in [5.74, 6) is 0.428. The van der Waals surface area contributed by atoms with Crippen LogP contribution in [0.3, 0.4) is 0 Å². The van der Waals surface area contributed by atoms with E-state index in [1.807, 2.05) is 48.9 Å². The first kappa shape index (κ1) is 21.6. The Labute approximate surface area is 186 Å². The molecule has 1 aromatic carbocycles. The summed E-state index contributed by atoms with van der Waals surface area (Å²) >= 11 is 0. The standard InChI is InChI=1S/C23H28N6O3/c1-15(2)29-21-17(13-25-29)12-18(14-24-21)26-23(31)28-10-8-16(9-11-28)22(30)27-19-6-4-5-7-20(19)32-3/h4-7,12-16H,8-11H2,1-3H3,(H,26,31)(H,27,30). The summed E-state index contributed by atoms with van der Waals surface area (Å²) in [4.78, 5) is 31.6. The van der Waals surface area contributed by atoms with Gasteiger partial charge in [-0.2, -0.15) is 5.10 Å². The molecule has 0 spiro atoms. The third kappa shape index (κ3) is 4.51. The molecule has 0 bridgehead atoms. The van der Waals surface area contributed by atoms with E-state index in [0.717, 1.165) is 11.0 Å². The van der Waals surface area contributed by atoms with Crippen molar-refractivity contribution in [3.63, 3.8) is 0 Å². The number of para-hydroxylation sites is 2. The molecule has 168 valence electrons. The van der Waals surface area contributed by atoms with Gasteiger partial charge in [0.1, 0.15) is 5.75 Å².